The van der Waals surface area contributed by atoms with Gasteiger partial charge in [0.1, 0.15) is 0 Å². The fourth-order valence-electron chi connectivity index (χ4n) is 1.83. The fraction of sp³-hybridized carbons (Fsp3) is 0.133. The maximum Gasteiger partial charge on any atom is 0.263 e. The minimum atomic E-state index is -2.48. The molecule has 0 aromatic heterocycles. The largest absolute Gasteiger partial charge is 0.381 e. The van der Waals surface area contributed by atoms with E-state index >= 15 is 0 Å². The number of benzene rings is 2. The van der Waals surface area contributed by atoms with Crippen molar-refractivity contribution in [2.75, 3.05) is 5.32 Å². The Morgan fingerprint density at radius 3 is 2.60 bits per heavy atom. The van der Waals surface area contributed by atoms with Crippen LogP contribution in [0.5, 0.6) is 0 Å². The standard InChI is InChI=1S/C15H14F2N2O/c16-14(17)11-4-1-3-10(7-11)9-19-13-6-2-5-12(8-13)15(18)20/h1-8,14,19H,9H2,(H2,18,20). The Balaban J connectivity index is 2.07. The zero-order valence-electron chi connectivity index (χ0n) is 10.6. The third-order valence-electron chi connectivity index (χ3n) is 2.85. The van der Waals surface area contributed by atoms with Crippen molar-refractivity contribution >= 4 is 11.6 Å². The number of carbonyl (C=O) groups is 1. The van der Waals surface area contributed by atoms with Crippen LogP contribution < -0.4 is 11.1 Å². The van der Waals surface area contributed by atoms with Gasteiger partial charge in [-0.25, -0.2) is 8.78 Å². The van der Waals surface area contributed by atoms with Gasteiger partial charge in [0.25, 0.3) is 6.43 Å². The van der Waals surface area contributed by atoms with E-state index in [1.54, 1.807) is 36.4 Å². The second kappa shape index (κ2) is 6.14. The lowest BCUT2D eigenvalue weighted by Crippen LogP contribution is -2.11. The number of hydrogen-bond donors (Lipinski definition) is 2. The predicted molar refractivity (Wildman–Crippen MR) is 73.7 cm³/mol. The third-order valence-corrected chi connectivity index (χ3v) is 2.85. The van der Waals surface area contributed by atoms with Crippen LogP contribution in [0.15, 0.2) is 48.5 Å². The highest BCUT2D eigenvalue weighted by atomic mass is 19.3. The van der Waals surface area contributed by atoms with Crippen molar-refractivity contribution in [1.82, 2.24) is 0 Å². The highest BCUT2D eigenvalue weighted by Crippen LogP contribution is 2.20. The molecule has 2 aromatic rings. The molecule has 0 fully saturated rings. The molecule has 3 nitrogen and oxygen atoms in total. The monoisotopic (exact) mass is 276 g/mol. The Hall–Kier alpha value is -2.43. The highest BCUT2D eigenvalue weighted by Gasteiger charge is 2.07. The van der Waals surface area contributed by atoms with Crippen LogP contribution in [-0.2, 0) is 6.54 Å². The average Bonchev–Trinajstić information content (AvgIpc) is 2.45. The number of anilines is 1. The van der Waals surface area contributed by atoms with E-state index in [2.05, 4.69) is 5.32 Å². The van der Waals surface area contributed by atoms with E-state index in [1.807, 2.05) is 0 Å². The molecule has 0 aliphatic heterocycles. The van der Waals surface area contributed by atoms with Gasteiger partial charge in [-0.1, -0.05) is 24.3 Å². The predicted octanol–water partition coefficient (Wildman–Crippen LogP) is 3.34. The number of amides is 1. The summed E-state index contributed by atoms with van der Waals surface area (Å²) in [6, 6.07) is 12.9. The van der Waals surface area contributed by atoms with E-state index in [4.69, 9.17) is 5.73 Å². The second-order valence-corrected chi connectivity index (χ2v) is 4.34. The molecule has 0 atom stereocenters. The lowest BCUT2D eigenvalue weighted by atomic mass is 10.1. The molecule has 0 bridgehead atoms. The number of rotatable bonds is 5. The van der Waals surface area contributed by atoms with Crippen LogP contribution in [0.4, 0.5) is 14.5 Å². The van der Waals surface area contributed by atoms with Crippen LogP contribution >= 0.6 is 0 Å². The number of halogens is 2. The maximum absolute atomic E-state index is 12.6. The van der Waals surface area contributed by atoms with Crippen molar-refractivity contribution in [3.8, 4) is 0 Å². The molecule has 104 valence electrons. The molecule has 1 amide bonds. The number of carbonyl (C=O) groups excluding carboxylic acids is 1. The molecule has 0 saturated heterocycles. The summed E-state index contributed by atoms with van der Waals surface area (Å²) in [5.74, 6) is -0.506. The molecular weight excluding hydrogens is 262 g/mol. The Labute approximate surface area is 115 Å². The van der Waals surface area contributed by atoms with Crippen molar-refractivity contribution in [2.45, 2.75) is 13.0 Å². The lowest BCUT2D eigenvalue weighted by molar-refractivity contribution is 0.100. The van der Waals surface area contributed by atoms with Crippen molar-refractivity contribution in [2.24, 2.45) is 5.73 Å². The van der Waals surface area contributed by atoms with E-state index in [1.165, 1.54) is 12.1 Å². The summed E-state index contributed by atoms with van der Waals surface area (Å²) in [4.78, 5) is 11.1. The Kier molecular flexibility index (Phi) is 4.30. The Morgan fingerprint density at radius 2 is 1.90 bits per heavy atom. The summed E-state index contributed by atoms with van der Waals surface area (Å²) in [5.41, 5.74) is 7.04. The van der Waals surface area contributed by atoms with Gasteiger partial charge in [-0.15, -0.1) is 0 Å². The van der Waals surface area contributed by atoms with Gasteiger partial charge in [0, 0.05) is 23.4 Å². The zero-order valence-corrected chi connectivity index (χ0v) is 10.6. The SMILES string of the molecule is NC(=O)c1cccc(NCc2cccc(C(F)F)c2)c1. The first-order valence-electron chi connectivity index (χ1n) is 6.07. The van der Waals surface area contributed by atoms with Gasteiger partial charge in [0.15, 0.2) is 0 Å². The van der Waals surface area contributed by atoms with E-state index < -0.39 is 12.3 Å². The fourth-order valence-corrected chi connectivity index (χ4v) is 1.83. The first kappa shape index (κ1) is 14.0. The van der Waals surface area contributed by atoms with Gasteiger partial charge in [0.05, 0.1) is 0 Å². The van der Waals surface area contributed by atoms with Crippen molar-refractivity contribution < 1.29 is 13.6 Å². The van der Waals surface area contributed by atoms with E-state index in [0.29, 0.717) is 17.8 Å². The molecule has 3 N–H and O–H groups in total. The molecule has 0 aliphatic rings. The van der Waals surface area contributed by atoms with Crippen LogP contribution in [0.2, 0.25) is 0 Å². The van der Waals surface area contributed by atoms with Crippen molar-refractivity contribution in [3.63, 3.8) is 0 Å². The van der Waals surface area contributed by atoms with Gasteiger partial charge in [-0.3, -0.25) is 4.79 Å². The lowest BCUT2D eigenvalue weighted by Gasteiger charge is -2.09. The van der Waals surface area contributed by atoms with Crippen LogP contribution in [0.3, 0.4) is 0 Å². The summed E-state index contributed by atoms with van der Waals surface area (Å²) in [5, 5.41) is 3.07. The number of hydrogen-bond acceptors (Lipinski definition) is 2. The molecule has 0 saturated carbocycles. The number of nitrogens with one attached hydrogen (secondary N) is 1. The van der Waals surface area contributed by atoms with Crippen LogP contribution in [0.1, 0.15) is 27.9 Å². The normalized spacial score (nSPS) is 10.6. The topological polar surface area (TPSA) is 55.1 Å². The molecule has 5 heteroatoms. The molecule has 0 spiro atoms. The third kappa shape index (κ3) is 3.54. The molecule has 2 aromatic carbocycles. The van der Waals surface area contributed by atoms with Gasteiger partial charge >= 0.3 is 0 Å². The summed E-state index contributed by atoms with van der Waals surface area (Å²) in [7, 11) is 0. The number of nitrogens with two attached hydrogens (primary N) is 1. The minimum absolute atomic E-state index is 0.00446. The highest BCUT2D eigenvalue weighted by molar-refractivity contribution is 5.93. The summed E-state index contributed by atoms with van der Waals surface area (Å²) < 4.78 is 25.2. The summed E-state index contributed by atoms with van der Waals surface area (Å²) in [6.45, 7) is 0.392. The second-order valence-electron chi connectivity index (χ2n) is 4.34. The van der Waals surface area contributed by atoms with Gasteiger partial charge in [-0.05, 0) is 29.8 Å². The van der Waals surface area contributed by atoms with E-state index in [0.717, 1.165) is 5.56 Å². The van der Waals surface area contributed by atoms with Crippen LogP contribution in [-0.4, -0.2) is 5.91 Å². The molecular formula is C15H14F2N2O. The van der Waals surface area contributed by atoms with Crippen molar-refractivity contribution in [1.29, 1.82) is 0 Å². The molecule has 0 heterocycles. The van der Waals surface area contributed by atoms with Gasteiger partial charge in [-0.2, -0.15) is 0 Å². The summed E-state index contributed by atoms with van der Waals surface area (Å²) >= 11 is 0. The smallest absolute Gasteiger partial charge is 0.263 e. The molecule has 0 aliphatic carbocycles. The first-order valence-corrected chi connectivity index (χ1v) is 6.07. The van der Waals surface area contributed by atoms with Crippen LogP contribution in [0.25, 0.3) is 0 Å². The molecule has 20 heavy (non-hydrogen) atoms. The van der Waals surface area contributed by atoms with Gasteiger partial charge in [0.2, 0.25) is 5.91 Å². The summed E-state index contributed by atoms with van der Waals surface area (Å²) in [6.07, 6.45) is -2.48. The number of primary amides is 1. The quantitative estimate of drug-likeness (QED) is 0.880. The zero-order chi connectivity index (χ0) is 14.5. The van der Waals surface area contributed by atoms with E-state index in [9.17, 15) is 13.6 Å². The van der Waals surface area contributed by atoms with Gasteiger partial charge < -0.3 is 11.1 Å². The maximum atomic E-state index is 12.6. The minimum Gasteiger partial charge on any atom is -0.381 e. The Morgan fingerprint density at radius 1 is 1.15 bits per heavy atom. The van der Waals surface area contributed by atoms with Crippen molar-refractivity contribution in [3.05, 3.63) is 65.2 Å². The Bertz CT molecular complexity index is 614. The van der Waals surface area contributed by atoms with E-state index in [-0.39, 0.29) is 5.56 Å². The molecule has 2 rings (SSSR count). The molecule has 0 radical (unpaired) electrons. The average molecular weight is 276 g/mol. The van der Waals surface area contributed by atoms with Crippen LogP contribution in [0, 0.1) is 0 Å². The number of alkyl halides is 2. The molecule has 0 unspecified atom stereocenters. The first-order chi connectivity index (χ1) is 9.56.